The van der Waals surface area contributed by atoms with Crippen LogP contribution in [0.4, 0.5) is 8.78 Å². The summed E-state index contributed by atoms with van der Waals surface area (Å²) in [5, 5.41) is 27.5. The number of halogens is 2. The molecule has 5 atom stereocenters. The minimum atomic E-state index is -0.984. The molecule has 0 bridgehead atoms. The highest BCUT2D eigenvalue weighted by Crippen LogP contribution is 2.28. The second-order valence-electron chi connectivity index (χ2n) is 13.9. The molecule has 262 valence electrons. The van der Waals surface area contributed by atoms with Crippen molar-refractivity contribution in [3.63, 3.8) is 0 Å². The lowest BCUT2D eigenvalue weighted by atomic mass is 9.94. The molecule has 0 saturated heterocycles. The van der Waals surface area contributed by atoms with E-state index in [0.717, 1.165) is 55.7 Å². The Bertz CT molecular complexity index is 1570. The average molecular weight is 673 g/mol. The summed E-state index contributed by atoms with van der Waals surface area (Å²) in [6.07, 6.45) is 15.9. The van der Waals surface area contributed by atoms with Gasteiger partial charge in [0.1, 0.15) is 47.6 Å². The van der Waals surface area contributed by atoms with Gasteiger partial charge in [0.05, 0.1) is 13.1 Å². The summed E-state index contributed by atoms with van der Waals surface area (Å²) in [4.78, 5) is 9.57. The summed E-state index contributed by atoms with van der Waals surface area (Å²) < 4.78 is 28.7. The number of nitrogens with one attached hydrogen (secondary N) is 4. The lowest BCUT2D eigenvalue weighted by Gasteiger charge is -2.35. The molecule has 5 aliphatic rings. The molecule has 10 nitrogen and oxygen atoms in total. The SMILES string of the molecule is CC(C)C1C=NN2C(=NCC3=CC=CCC3F)C=C(NCCCCCNC3=CC(=NCc4ccccc4F)N4N=CC(C(C)C)C4N3)NC12. The van der Waals surface area contributed by atoms with E-state index in [4.69, 9.17) is 9.98 Å². The van der Waals surface area contributed by atoms with Crippen molar-refractivity contribution in [2.24, 2.45) is 43.9 Å². The lowest BCUT2D eigenvalue weighted by Crippen LogP contribution is -2.53. The molecule has 4 aliphatic heterocycles. The first-order valence-corrected chi connectivity index (χ1v) is 17.7. The molecule has 12 heteroatoms. The van der Waals surface area contributed by atoms with Crippen LogP contribution in [-0.2, 0) is 6.54 Å². The van der Waals surface area contributed by atoms with Crippen molar-refractivity contribution < 1.29 is 8.78 Å². The second kappa shape index (κ2) is 15.8. The normalized spacial score (nSPS) is 27.3. The summed E-state index contributed by atoms with van der Waals surface area (Å²) in [6.45, 7) is 11.0. The third-order valence-corrected chi connectivity index (χ3v) is 9.61. The van der Waals surface area contributed by atoms with E-state index in [1.165, 1.54) is 6.07 Å². The Morgan fingerprint density at radius 1 is 0.837 bits per heavy atom. The zero-order valence-electron chi connectivity index (χ0n) is 29.0. The smallest absolute Gasteiger partial charge is 0.150 e. The number of hydrazone groups is 2. The molecule has 0 amide bonds. The number of amidine groups is 2. The molecule has 4 heterocycles. The first kappa shape index (κ1) is 34.4. The van der Waals surface area contributed by atoms with Crippen molar-refractivity contribution in [3.05, 3.63) is 83.2 Å². The largest absolute Gasteiger partial charge is 0.372 e. The van der Waals surface area contributed by atoms with E-state index in [0.29, 0.717) is 35.9 Å². The van der Waals surface area contributed by atoms with Gasteiger partial charge in [-0.25, -0.2) is 18.8 Å². The summed E-state index contributed by atoms with van der Waals surface area (Å²) >= 11 is 0. The van der Waals surface area contributed by atoms with Gasteiger partial charge in [-0.05, 0) is 42.7 Å². The number of fused-ring (bicyclic) bond motifs is 2. The molecule has 0 fully saturated rings. The van der Waals surface area contributed by atoms with Crippen LogP contribution in [-0.4, -0.2) is 72.3 Å². The second-order valence-corrected chi connectivity index (χ2v) is 13.9. The van der Waals surface area contributed by atoms with Gasteiger partial charge in [-0.2, -0.15) is 10.2 Å². The van der Waals surface area contributed by atoms with E-state index in [-0.39, 0.29) is 36.5 Å². The molecular formula is C37H50F2N10. The van der Waals surface area contributed by atoms with Gasteiger partial charge in [0.2, 0.25) is 0 Å². The molecule has 0 saturated carbocycles. The zero-order valence-corrected chi connectivity index (χ0v) is 29.0. The molecule has 0 spiro atoms. The van der Waals surface area contributed by atoms with Crippen molar-refractivity contribution in [1.82, 2.24) is 31.3 Å². The number of hydrogen-bond acceptors (Lipinski definition) is 8. The number of benzene rings is 1. The molecule has 0 radical (unpaired) electrons. The van der Waals surface area contributed by atoms with Crippen LogP contribution in [0.25, 0.3) is 0 Å². The van der Waals surface area contributed by atoms with Gasteiger partial charge in [0.25, 0.3) is 0 Å². The van der Waals surface area contributed by atoms with E-state index >= 15 is 0 Å². The Kier molecular flexibility index (Phi) is 11.1. The van der Waals surface area contributed by atoms with E-state index < -0.39 is 6.17 Å². The fourth-order valence-corrected chi connectivity index (χ4v) is 6.59. The number of nitrogens with zero attached hydrogens (tertiary/aromatic N) is 6. The highest BCUT2D eigenvalue weighted by atomic mass is 19.1. The predicted octanol–water partition coefficient (Wildman–Crippen LogP) is 5.39. The van der Waals surface area contributed by atoms with Crippen molar-refractivity contribution in [2.75, 3.05) is 19.6 Å². The third-order valence-electron chi connectivity index (χ3n) is 9.61. The molecule has 1 aromatic carbocycles. The summed E-state index contributed by atoms with van der Waals surface area (Å²) in [7, 11) is 0. The number of aliphatic imine (C=N–C) groups is 2. The monoisotopic (exact) mass is 672 g/mol. The summed E-state index contributed by atoms with van der Waals surface area (Å²) in [6, 6.07) is 6.76. The highest BCUT2D eigenvalue weighted by Gasteiger charge is 2.39. The van der Waals surface area contributed by atoms with Crippen LogP contribution in [0.2, 0.25) is 0 Å². The minimum absolute atomic E-state index is 0.0234. The van der Waals surface area contributed by atoms with E-state index in [1.807, 2.05) is 58.9 Å². The molecule has 5 unspecified atom stereocenters. The van der Waals surface area contributed by atoms with Crippen LogP contribution in [0, 0.1) is 29.5 Å². The van der Waals surface area contributed by atoms with E-state index in [1.54, 1.807) is 12.1 Å². The van der Waals surface area contributed by atoms with Gasteiger partial charge in [-0.15, -0.1) is 0 Å². The van der Waals surface area contributed by atoms with Crippen LogP contribution in [0.3, 0.4) is 0 Å². The van der Waals surface area contributed by atoms with E-state index in [2.05, 4.69) is 59.2 Å². The van der Waals surface area contributed by atoms with Gasteiger partial charge in [0, 0.05) is 61.5 Å². The van der Waals surface area contributed by atoms with Gasteiger partial charge in [-0.3, -0.25) is 9.98 Å². The van der Waals surface area contributed by atoms with Crippen molar-refractivity contribution in [3.8, 4) is 0 Å². The van der Waals surface area contributed by atoms with Gasteiger partial charge in [0.15, 0.2) is 0 Å². The van der Waals surface area contributed by atoms with Crippen LogP contribution >= 0.6 is 0 Å². The molecule has 49 heavy (non-hydrogen) atoms. The number of unbranched alkanes of at least 4 members (excludes halogenated alkanes) is 2. The molecule has 6 rings (SSSR count). The number of allylic oxidation sites excluding steroid dienone is 3. The number of hydrogen-bond donors (Lipinski definition) is 4. The lowest BCUT2D eigenvalue weighted by molar-refractivity contribution is 0.231. The summed E-state index contributed by atoms with van der Waals surface area (Å²) in [5.74, 6) is 4.31. The molecule has 4 N–H and O–H groups in total. The van der Waals surface area contributed by atoms with Crippen molar-refractivity contribution >= 4 is 24.1 Å². The standard InChI is InChI=1S/C37H50F2N10/c1-24(2)28-22-44-48-34(42-20-26-12-6-8-14-30(26)38)18-32(46-36(28)48)40-16-10-5-11-17-41-33-19-35(43-21-27-13-7-9-15-31(27)39)49-37(47-33)29(23-45-49)25(3)4/h6-9,12-14,18-19,22-25,28-29,31,36-37,40-41,46-47H,5,10-11,15-17,20-21H2,1-4H3. The Labute approximate surface area is 289 Å². The molecular weight excluding hydrogens is 622 g/mol. The fourth-order valence-electron chi connectivity index (χ4n) is 6.59. The fraction of sp³-hybridized carbons (Fsp3) is 0.514. The topological polar surface area (TPSA) is 104 Å². The Balaban J connectivity index is 1.01. The number of alkyl halides is 1. The third kappa shape index (κ3) is 8.22. The van der Waals surface area contributed by atoms with Crippen molar-refractivity contribution in [1.29, 1.82) is 0 Å². The van der Waals surface area contributed by atoms with Gasteiger partial charge in [-0.1, -0.05) is 64.1 Å². The quantitative estimate of drug-likeness (QED) is 0.198. The Morgan fingerprint density at radius 3 is 1.96 bits per heavy atom. The Morgan fingerprint density at radius 2 is 1.41 bits per heavy atom. The first-order valence-electron chi connectivity index (χ1n) is 17.7. The number of rotatable bonds is 14. The summed E-state index contributed by atoms with van der Waals surface area (Å²) in [5.41, 5.74) is 1.26. The maximum atomic E-state index is 14.4. The Hall–Kier alpha value is -4.48. The van der Waals surface area contributed by atoms with E-state index in [9.17, 15) is 8.78 Å². The maximum Gasteiger partial charge on any atom is 0.150 e. The van der Waals surface area contributed by atoms with Crippen LogP contribution in [0.1, 0.15) is 58.9 Å². The molecule has 1 aromatic rings. The van der Waals surface area contributed by atoms with Gasteiger partial charge < -0.3 is 21.3 Å². The molecule has 1 aliphatic carbocycles. The minimum Gasteiger partial charge on any atom is -0.372 e. The maximum absolute atomic E-state index is 14.4. The highest BCUT2D eigenvalue weighted by molar-refractivity contribution is 5.96. The van der Waals surface area contributed by atoms with Gasteiger partial charge >= 0.3 is 0 Å². The van der Waals surface area contributed by atoms with Crippen LogP contribution in [0.5, 0.6) is 0 Å². The average Bonchev–Trinajstić information content (AvgIpc) is 3.72. The van der Waals surface area contributed by atoms with Crippen LogP contribution in [0.15, 0.2) is 92.0 Å². The zero-order chi connectivity index (χ0) is 34.3. The first-order chi connectivity index (χ1) is 23.8. The predicted molar refractivity (Wildman–Crippen MR) is 194 cm³/mol. The van der Waals surface area contributed by atoms with Crippen molar-refractivity contribution in [2.45, 2.75) is 78.4 Å². The molecule has 0 aromatic heterocycles. The van der Waals surface area contributed by atoms with Crippen LogP contribution < -0.4 is 21.3 Å².